The third-order valence-corrected chi connectivity index (χ3v) is 6.39. The summed E-state index contributed by atoms with van der Waals surface area (Å²) in [5, 5.41) is 23.1. The van der Waals surface area contributed by atoms with Gasteiger partial charge in [-0.15, -0.1) is 5.10 Å². The SMILES string of the molecule is COc1ccc2cc(C#N)c(N3CCN(Cc4nnnn4C4CCCC4)CC3)nc2c1. The molecule has 9 heteroatoms. The third-order valence-electron chi connectivity index (χ3n) is 6.39. The molecule has 5 rings (SSSR count). The number of nitrogens with zero attached hydrogens (tertiary/aromatic N) is 8. The zero-order valence-corrected chi connectivity index (χ0v) is 17.7. The van der Waals surface area contributed by atoms with Gasteiger partial charge < -0.3 is 9.64 Å². The van der Waals surface area contributed by atoms with Gasteiger partial charge in [-0.3, -0.25) is 4.90 Å². The molecule has 1 aliphatic heterocycles. The van der Waals surface area contributed by atoms with E-state index in [1.54, 1.807) is 7.11 Å². The Balaban J connectivity index is 1.30. The van der Waals surface area contributed by atoms with Gasteiger partial charge in [-0.1, -0.05) is 12.8 Å². The molecular weight excluding hydrogens is 392 g/mol. The number of anilines is 1. The minimum absolute atomic E-state index is 0.447. The fourth-order valence-electron chi connectivity index (χ4n) is 4.65. The molecule has 31 heavy (non-hydrogen) atoms. The quantitative estimate of drug-likeness (QED) is 0.624. The molecule has 1 saturated heterocycles. The highest BCUT2D eigenvalue weighted by Crippen LogP contribution is 2.30. The third kappa shape index (κ3) is 3.91. The highest BCUT2D eigenvalue weighted by atomic mass is 16.5. The summed E-state index contributed by atoms with van der Waals surface area (Å²) in [5.41, 5.74) is 1.45. The number of methoxy groups -OCH3 is 1. The summed E-state index contributed by atoms with van der Waals surface area (Å²) in [6.07, 6.45) is 4.85. The summed E-state index contributed by atoms with van der Waals surface area (Å²) in [4.78, 5) is 9.39. The zero-order chi connectivity index (χ0) is 21.2. The van der Waals surface area contributed by atoms with Crippen LogP contribution in [0.15, 0.2) is 24.3 Å². The molecule has 0 bridgehead atoms. The minimum atomic E-state index is 0.447. The van der Waals surface area contributed by atoms with E-state index in [4.69, 9.17) is 9.72 Å². The first-order valence-corrected chi connectivity index (χ1v) is 10.9. The van der Waals surface area contributed by atoms with Crippen LogP contribution in [0.5, 0.6) is 5.75 Å². The lowest BCUT2D eigenvalue weighted by Crippen LogP contribution is -2.46. The number of piperazine rings is 1. The van der Waals surface area contributed by atoms with Gasteiger partial charge in [0.25, 0.3) is 0 Å². The van der Waals surface area contributed by atoms with Gasteiger partial charge in [0.05, 0.1) is 30.8 Å². The van der Waals surface area contributed by atoms with Crippen molar-refractivity contribution in [2.45, 2.75) is 38.3 Å². The van der Waals surface area contributed by atoms with Crippen LogP contribution in [0.25, 0.3) is 10.9 Å². The van der Waals surface area contributed by atoms with E-state index in [0.717, 1.165) is 61.0 Å². The van der Waals surface area contributed by atoms with Gasteiger partial charge in [0.15, 0.2) is 5.82 Å². The van der Waals surface area contributed by atoms with Crippen LogP contribution in [0.3, 0.4) is 0 Å². The number of hydrogen-bond acceptors (Lipinski definition) is 8. The number of ether oxygens (including phenoxy) is 1. The van der Waals surface area contributed by atoms with Crippen LogP contribution in [-0.4, -0.2) is 63.4 Å². The number of nitriles is 1. The standard InChI is InChI=1S/C22H26N8O/c1-31-19-7-6-16-12-17(14-23)22(24-20(16)13-19)29-10-8-28(9-11-29)15-21-25-26-27-30(21)18-4-2-3-5-18/h6-7,12-13,18H,2-5,8-11,15H2,1H3. The smallest absolute Gasteiger partial charge is 0.165 e. The van der Waals surface area contributed by atoms with E-state index in [1.165, 1.54) is 25.7 Å². The van der Waals surface area contributed by atoms with Crippen molar-refractivity contribution in [3.05, 3.63) is 35.7 Å². The Bertz CT molecular complexity index is 1110. The lowest BCUT2D eigenvalue weighted by Gasteiger charge is -2.35. The average molecular weight is 419 g/mol. The molecule has 0 radical (unpaired) electrons. The van der Waals surface area contributed by atoms with E-state index >= 15 is 0 Å². The van der Waals surface area contributed by atoms with Crippen LogP contribution in [0.4, 0.5) is 5.82 Å². The Morgan fingerprint density at radius 3 is 2.68 bits per heavy atom. The molecular formula is C22H26N8O. The van der Waals surface area contributed by atoms with Gasteiger partial charge in [-0.05, 0) is 41.5 Å². The normalized spacial score (nSPS) is 17.9. The average Bonchev–Trinajstić information content (AvgIpc) is 3.50. The number of hydrogen-bond donors (Lipinski definition) is 0. The monoisotopic (exact) mass is 418 g/mol. The maximum absolute atomic E-state index is 9.69. The molecule has 0 unspecified atom stereocenters. The topological polar surface area (TPSA) is 96.0 Å². The second kappa shape index (κ2) is 8.47. The van der Waals surface area contributed by atoms with Crippen molar-refractivity contribution in [2.24, 2.45) is 0 Å². The largest absolute Gasteiger partial charge is 0.497 e. The van der Waals surface area contributed by atoms with E-state index in [0.29, 0.717) is 11.6 Å². The van der Waals surface area contributed by atoms with Crippen LogP contribution in [-0.2, 0) is 6.54 Å². The molecule has 2 aliphatic rings. The van der Waals surface area contributed by atoms with E-state index < -0.39 is 0 Å². The molecule has 0 amide bonds. The van der Waals surface area contributed by atoms with Crippen molar-refractivity contribution >= 4 is 16.7 Å². The van der Waals surface area contributed by atoms with Gasteiger partial charge in [0.1, 0.15) is 17.6 Å². The summed E-state index contributed by atoms with van der Waals surface area (Å²) in [6.45, 7) is 4.12. The van der Waals surface area contributed by atoms with Gasteiger partial charge in [-0.2, -0.15) is 5.26 Å². The summed E-state index contributed by atoms with van der Waals surface area (Å²) >= 11 is 0. The molecule has 2 aromatic heterocycles. The van der Waals surface area contributed by atoms with E-state index in [-0.39, 0.29) is 0 Å². The zero-order valence-electron chi connectivity index (χ0n) is 17.7. The predicted octanol–water partition coefficient (Wildman–Crippen LogP) is 2.54. The Hall–Kier alpha value is -3.25. The highest BCUT2D eigenvalue weighted by molar-refractivity contribution is 5.84. The van der Waals surface area contributed by atoms with Crippen molar-refractivity contribution in [3.8, 4) is 11.8 Å². The fraction of sp³-hybridized carbons (Fsp3) is 0.500. The minimum Gasteiger partial charge on any atom is -0.497 e. The van der Waals surface area contributed by atoms with Gasteiger partial charge in [0, 0.05) is 37.6 Å². The lowest BCUT2D eigenvalue weighted by atomic mass is 10.1. The molecule has 3 heterocycles. The van der Waals surface area contributed by atoms with Crippen LogP contribution in [0.2, 0.25) is 0 Å². The number of pyridine rings is 1. The van der Waals surface area contributed by atoms with Crippen LogP contribution in [0.1, 0.15) is 43.1 Å². The van der Waals surface area contributed by atoms with Crippen molar-refractivity contribution < 1.29 is 4.74 Å². The van der Waals surface area contributed by atoms with Crippen LogP contribution >= 0.6 is 0 Å². The molecule has 3 aromatic rings. The van der Waals surface area contributed by atoms with Crippen LogP contribution < -0.4 is 9.64 Å². The van der Waals surface area contributed by atoms with E-state index in [1.807, 2.05) is 28.9 Å². The Morgan fingerprint density at radius 2 is 1.94 bits per heavy atom. The van der Waals surface area contributed by atoms with Gasteiger partial charge in [0.2, 0.25) is 0 Å². The Kier molecular flexibility index (Phi) is 5.38. The predicted molar refractivity (Wildman–Crippen MR) is 116 cm³/mol. The Morgan fingerprint density at radius 1 is 1.13 bits per heavy atom. The number of benzene rings is 1. The maximum atomic E-state index is 9.69. The molecule has 0 N–H and O–H groups in total. The molecule has 9 nitrogen and oxygen atoms in total. The maximum Gasteiger partial charge on any atom is 0.165 e. The van der Waals surface area contributed by atoms with Crippen molar-refractivity contribution in [1.82, 2.24) is 30.1 Å². The second-order valence-electron chi connectivity index (χ2n) is 8.27. The summed E-state index contributed by atoms with van der Waals surface area (Å²) in [6, 6.07) is 10.4. The first kappa shape index (κ1) is 19.7. The lowest BCUT2D eigenvalue weighted by molar-refractivity contribution is 0.235. The highest BCUT2D eigenvalue weighted by Gasteiger charge is 2.25. The van der Waals surface area contributed by atoms with Gasteiger partial charge in [-0.25, -0.2) is 9.67 Å². The molecule has 0 atom stereocenters. The Labute approximate surface area is 181 Å². The van der Waals surface area contributed by atoms with Crippen molar-refractivity contribution in [2.75, 3.05) is 38.2 Å². The summed E-state index contributed by atoms with van der Waals surface area (Å²) in [5.74, 6) is 2.47. The summed E-state index contributed by atoms with van der Waals surface area (Å²) in [7, 11) is 1.65. The second-order valence-corrected chi connectivity index (χ2v) is 8.27. The number of fused-ring (bicyclic) bond motifs is 1. The van der Waals surface area contributed by atoms with E-state index in [9.17, 15) is 5.26 Å². The molecule has 160 valence electrons. The molecule has 2 fully saturated rings. The van der Waals surface area contributed by atoms with Crippen LogP contribution in [0, 0.1) is 11.3 Å². The molecule has 1 saturated carbocycles. The number of aromatic nitrogens is 5. The van der Waals surface area contributed by atoms with E-state index in [2.05, 4.69) is 31.4 Å². The number of tetrazole rings is 1. The molecule has 1 aromatic carbocycles. The molecule has 0 spiro atoms. The first-order valence-electron chi connectivity index (χ1n) is 10.9. The van der Waals surface area contributed by atoms with Crippen molar-refractivity contribution in [1.29, 1.82) is 5.26 Å². The fourth-order valence-corrected chi connectivity index (χ4v) is 4.65. The van der Waals surface area contributed by atoms with Gasteiger partial charge >= 0.3 is 0 Å². The van der Waals surface area contributed by atoms with Crippen molar-refractivity contribution in [3.63, 3.8) is 0 Å². The first-order chi connectivity index (χ1) is 15.2. The number of rotatable bonds is 5. The summed E-state index contributed by atoms with van der Waals surface area (Å²) < 4.78 is 7.36. The molecule has 1 aliphatic carbocycles.